The second kappa shape index (κ2) is 8.71. The van der Waals surface area contributed by atoms with Gasteiger partial charge in [0.15, 0.2) is 5.75 Å². The van der Waals surface area contributed by atoms with E-state index in [-0.39, 0.29) is 12.2 Å². The molecule has 0 spiro atoms. The van der Waals surface area contributed by atoms with Gasteiger partial charge in [-0.25, -0.2) is 4.79 Å². The van der Waals surface area contributed by atoms with Crippen LogP contribution in [0.1, 0.15) is 21.5 Å². The van der Waals surface area contributed by atoms with Gasteiger partial charge in [-0.1, -0.05) is 53.5 Å². The summed E-state index contributed by atoms with van der Waals surface area (Å²) in [6, 6.07) is 19.4. The van der Waals surface area contributed by atoms with Crippen LogP contribution in [0.5, 0.6) is 5.75 Å². The van der Waals surface area contributed by atoms with Gasteiger partial charge in [-0.2, -0.15) is 0 Å². The fraction of sp³-hybridized carbons (Fsp3) is 0.0476. The van der Waals surface area contributed by atoms with Gasteiger partial charge in [0, 0.05) is 6.21 Å². The molecule has 0 fully saturated rings. The van der Waals surface area contributed by atoms with E-state index in [1.54, 1.807) is 30.5 Å². The standard InChI is InChI=1S/C21H15Cl2NO3/c22-18-10-15(12-24-17-4-2-1-3-5-17)11-19(23)20(18)27-13-14-6-8-16(9-7-14)21(25)26/h1-12H,13H2,(H,25,26). The summed E-state index contributed by atoms with van der Waals surface area (Å²) in [5, 5.41) is 9.67. The van der Waals surface area contributed by atoms with Gasteiger partial charge < -0.3 is 9.84 Å². The zero-order valence-corrected chi connectivity index (χ0v) is 15.6. The molecule has 0 radical (unpaired) electrons. The van der Waals surface area contributed by atoms with Crippen molar-refractivity contribution < 1.29 is 14.6 Å². The van der Waals surface area contributed by atoms with Gasteiger partial charge in [0.2, 0.25) is 0 Å². The minimum atomic E-state index is -0.971. The van der Waals surface area contributed by atoms with Crippen molar-refractivity contribution >= 4 is 41.1 Å². The molecule has 6 heteroatoms. The number of nitrogens with zero attached hydrogens (tertiary/aromatic N) is 1. The number of aromatic carboxylic acids is 1. The third-order valence-electron chi connectivity index (χ3n) is 3.72. The Balaban J connectivity index is 1.71. The van der Waals surface area contributed by atoms with Gasteiger partial charge in [-0.3, -0.25) is 4.99 Å². The molecular formula is C21H15Cl2NO3. The SMILES string of the molecule is O=C(O)c1ccc(COc2c(Cl)cc(C=Nc3ccccc3)cc2Cl)cc1. The van der Waals surface area contributed by atoms with E-state index in [2.05, 4.69) is 4.99 Å². The molecule has 1 N–H and O–H groups in total. The van der Waals surface area contributed by atoms with Gasteiger partial charge in [0.25, 0.3) is 0 Å². The molecular weight excluding hydrogens is 385 g/mol. The minimum absolute atomic E-state index is 0.219. The van der Waals surface area contributed by atoms with Crippen LogP contribution >= 0.6 is 23.2 Å². The lowest BCUT2D eigenvalue weighted by Crippen LogP contribution is -2.00. The number of ether oxygens (including phenoxy) is 1. The second-order valence-corrected chi connectivity index (χ2v) is 6.51. The average molecular weight is 400 g/mol. The smallest absolute Gasteiger partial charge is 0.335 e. The Morgan fingerprint density at radius 1 is 1.00 bits per heavy atom. The Morgan fingerprint density at radius 3 is 2.22 bits per heavy atom. The molecule has 0 saturated carbocycles. The second-order valence-electron chi connectivity index (χ2n) is 5.70. The van der Waals surface area contributed by atoms with Gasteiger partial charge in [0.05, 0.1) is 21.3 Å². The number of aliphatic imine (C=N–C) groups is 1. The topological polar surface area (TPSA) is 58.9 Å². The van der Waals surface area contributed by atoms with Crippen molar-refractivity contribution in [1.82, 2.24) is 0 Å². The van der Waals surface area contributed by atoms with Crippen LogP contribution in [0.2, 0.25) is 10.0 Å². The normalized spacial score (nSPS) is 10.9. The van der Waals surface area contributed by atoms with E-state index < -0.39 is 5.97 Å². The summed E-state index contributed by atoms with van der Waals surface area (Å²) in [4.78, 5) is 15.3. The molecule has 0 amide bonds. The minimum Gasteiger partial charge on any atom is -0.486 e. The van der Waals surface area contributed by atoms with E-state index in [0.29, 0.717) is 15.8 Å². The van der Waals surface area contributed by atoms with Gasteiger partial charge in [-0.15, -0.1) is 0 Å². The molecule has 0 aliphatic heterocycles. The summed E-state index contributed by atoms with van der Waals surface area (Å²) in [6.07, 6.45) is 1.68. The quantitative estimate of drug-likeness (QED) is 0.515. The fourth-order valence-electron chi connectivity index (χ4n) is 2.35. The lowest BCUT2D eigenvalue weighted by atomic mass is 10.1. The van der Waals surface area contributed by atoms with Crippen LogP contribution in [0.25, 0.3) is 0 Å². The molecule has 0 aromatic heterocycles. The Bertz CT molecular complexity index is 947. The number of benzene rings is 3. The molecule has 27 heavy (non-hydrogen) atoms. The predicted octanol–water partition coefficient (Wildman–Crippen LogP) is 6.02. The maximum absolute atomic E-state index is 10.9. The number of para-hydroxylation sites is 1. The molecule has 3 rings (SSSR count). The van der Waals surface area contributed by atoms with Gasteiger partial charge >= 0.3 is 5.97 Å². The lowest BCUT2D eigenvalue weighted by molar-refractivity contribution is 0.0697. The summed E-state index contributed by atoms with van der Waals surface area (Å²) < 4.78 is 5.72. The Labute approximate surface area is 166 Å². The lowest BCUT2D eigenvalue weighted by Gasteiger charge is -2.11. The first-order valence-corrected chi connectivity index (χ1v) is 8.82. The van der Waals surface area contributed by atoms with Crippen LogP contribution in [0.3, 0.4) is 0 Å². The summed E-state index contributed by atoms with van der Waals surface area (Å²) in [6.45, 7) is 0.219. The number of rotatable bonds is 6. The largest absolute Gasteiger partial charge is 0.486 e. The van der Waals surface area contributed by atoms with E-state index in [4.69, 9.17) is 33.0 Å². The molecule has 0 bridgehead atoms. The van der Waals surface area contributed by atoms with E-state index in [9.17, 15) is 4.79 Å². The van der Waals surface area contributed by atoms with E-state index in [0.717, 1.165) is 16.8 Å². The van der Waals surface area contributed by atoms with Crippen molar-refractivity contribution in [2.24, 2.45) is 4.99 Å². The predicted molar refractivity (Wildman–Crippen MR) is 108 cm³/mol. The van der Waals surface area contributed by atoms with Crippen molar-refractivity contribution in [3.05, 3.63) is 93.5 Å². The number of hydrogen-bond acceptors (Lipinski definition) is 3. The molecule has 0 saturated heterocycles. The summed E-state index contributed by atoms with van der Waals surface area (Å²) in [5.41, 5.74) is 2.61. The molecule has 0 aliphatic rings. The highest BCUT2D eigenvalue weighted by Gasteiger charge is 2.10. The van der Waals surface area contributed by atoms with Crippen LogP contribution in [0.4, 0.5) is 5.69 Å². The summed E-state index contributed by atoms with van der Waals surface area (Å²) in [5.74, 6) is -0.598. The summed E-state index contributed by atoms with van der Waals surface area (Å²) >= 11 is 12.6. The maximum atomic E-state index is 10.9. The molecule has 136 valence electrons. The first-order valence-electron chi connectivity index (χ1n) is 8.06. The monoisotopic (exact) mass is 399 g/mol. The first kappa shape index (κ1) is 19.0. The van der Waals surface area contributed by atoms with Crippen LogP contribution in [0.15, 0.2) is 71.7 Å². The van der Waals surface area contributed by atoms with Crippen molar-refractivity contribution in [3.63, 3.8) is 0 Å². The number of carboxylic acids is 1. The Kier molecular flexibility index (Phi) is 6.12. The average Bonchev–Trinajstić information content (AvgIpc) is 2.67. The van der Waals surface area contributed by atoms with Crippen LogP contribution in [0, 0.1) is 0 Å². The van der Waals surface area contributed by atoms with E-state index in [1.807, 2.05) is 30.3 Å². The molecule has 4 nitrogen and oxygen atoms in total. The van der Waals surface area contributed by atoms with Gasteiger partial charge in [0.1, 0.15) is 6.61 Å². The fourth-order valence-corrected chi connectivity index (χ4v) is 2.97. The third-order valence-corrected chi connectivity index (χ3v) is 4.29. The van der Waals surface area contributed by atoms with Crippen LogP contribution in [-0.4, -0.2) is 17.3 Å². The molecule has 3 aromatic rings. The molecule has 0 atom stereocenters. The van der Waals surface area contributed by atoms with Crippen LogP contribution in [-0.2, 0) is 6.61 Å². The van der Waals surface area contributed by atoms with E-state index in [1.165, 1.54) is 12.1 Å². The summed E-state index contributed by atoms with van der Waals surface area (Å²) in [7, 11) is 0. The number of hydrogen-bond donors (Lipinski definition) is 1. The van der Waals surface area contributed by atoms with Gasteiger partial charge in [-0.05, 0) is 47.5 Å². The number of carbonyl (C=O) groups is 1. The zero-order valence-electron chi connectivity index (χ0n) is 14.1. The van der Waals surface area contributed by atoms with Crippen molar-refractivity contribution in [2.45, 2.75) is 6.61 Å². The highest BCUT2D eigenvalue weighted by molar-refractivity contribution is 6.37. The van der Waals surface area contributed by atoms with Crippen molar-refractivity contribution in [3.8, 4) is 5.75 Å². The highest BCUT2D eigenvalue weighted by atomic mass is 35.5. The molecule has 0 unspecified atom stereocenters. The Morgan fingerprint density at radius 2 is 1.63 bits per heavy atom. The molecule has 0 heterocycles. The highest BCUT2D eigenvalue weighted by Crippen LogP contribution is 2.34. The first-order chi connectivity index (χ1) is 13.0. The molecule has 0 aliphatic carbocycles. The maximum Gasteiger partial charge on any atom is 0.335 e. The van der Waals surface area contributed by atoms with Crippen LogP contribution < -0.4 is 4.74 Å². The van der Waals surface area contributed by atoms with E-state index >= 15 is 0 Å². The van der Waals surface area contributed by atoms with Crippen molar-refractivity contribution in [2.75, 3.05) is 0 Å². The zero-order chi connectivity index (χ0) is 19.2. The number of halogens is 2. The Hall–Kier alpha value is -2.82. The third kappa shape index (κ3) is 5.09. The number of carboxylic acid groups (broad SMARTS) is 1. The van der Waals surface area contributed by atoms with Crippen molar-refractivity contribution in [1.29, 1.82) is 0 Å². The molecule has 3 aromatic carbocycles.